The zero-order valence-corrected chi connectivity index (χ0v) is 16.8. The summed E-state index contributed by atoms with van der Waals surface area (Å²) in [5.74, 6) is 7.39. The Morgan fingerprint density at radius 2 is 1.44 bits per heavy atom. The van der Waals surface area contributed by atoms with Crippen LogP contribution in [-0.4, -0.2) is 16.6 Å². The van der Waals surface area contributed by atoms with Gasteiger partial charge in [0, 0.05) is 5.56 Å². The van der Waals surface area contributed by atoms with Crippen molar-refractivity contribution in [1.82, 2.24) is 9.97 Å². The minimum absolute atomic E-state index is 0.525. The van der Waals surface area contributed by atoms with E-state index in [1.165, 1.54) is 50.5 Å². The highest BCUT2D eigenvalue weighted by molar-refractivity contribution is 5.39. The van der Waals surface area contributed by atoms with E-state index in [2.05, 4.69) is 59.9 Å². The van der Waals surface area contributed by atoms with Crippen LogP contribution in [-0.2, 0) is 6.42 Å². The molecule has 0 amide bonds. The van der Waals surface area contributed by atoms with E-state index in [4.69, 9.17) is 4.74 Å². The quantitative estimate of drug-likeness (QED) is 0.364. The summed E-state index contributed by atoms with van der Waals surface area (Å²) in [5, 5.41) is 0. The predicted octanol–water partition coefficient (Wildman–Crippen LogP) is 5.96. The van der Waals surface area contributed by atoms with Crippen LogP contribution in [0.4, 0.5) is 0 Å². The van der Waals surface area contributed by atoms with E-state index < -0.39 is 0 Å². The van der Waals surface area contributed by atoms with Gasteiger partial charge in [0.25, 0.3) is 0 Å². The molecule has 2 aromatic rings. The summed E-state index contributed by atoms with van der Waals surface area (Å²) in [6.07, 6.45) is 14.5. The van der Waals surface area contributed by atoms with Crippen molar-refractivity contribution < 1.29 is 4.74 Å². The van der Waals surface area contributed by atoms with E-state index in [1.54, 1.807) is 12.4 Å². The molecule has 27 heavy (non-hydrogen) atoms. The molecule has 0 aliphatic rings. The largest absolute Gasteiger partial charge is 0.490 e. The highest BCUT2D eigenvalue weighted by Gasteiger charge is 1.97. The summed E-state index contributed by atoms with van der Waals surface area (Å²) in [5.41, 5.74) is 2.35. The Hall–Kier alpha value is -2.34. The summed E-state index contributed by atoms with van der Waals surface area (Å²) < 4.78 is 5.70. The third-order valence-electron chi connectivity index (χ3n) is 4.49. The van der Waals surface area contributed by atoms with Crippen LogP contribution in [0.15, 0.2) is 36.7 Å². The molecule has 0 unspecified atom stereocenters. The smallest absolute Gasteiger partial charge is 0.205 e. The van der Waals surface area contributed by atoms with Crippen LogP contribution in [0, 0.1) is 11.8 Å². The van der Waals surface area contributed by atoms with Crippen molar-refractivity contribution in [1.29, 1.82) is 0 Å². The molecule has 144 valence electrons. The number of aromatic nitrogens is 2. The van der Waals surface area contributed by atoms with Gasteiger partial charge >= 0.3 is 0 Å². The molecule has 0 radical (unpaired) electrons. The molecule has 3 heteroatoms. The lowest BCUT2D eigenvalue weighted by Crippen LogP contribution is -1.99. The second kappa shape index (κ2) is 12.9. The predicted molar refractivity (Wildman–Crippen MR) is 112 cm³/mol. The molecular weight excluding hydrogens is 332 g/mol. The Morgan fingerprint density at radius 1 is 0.778 bits per heavy atom. The van der Waals surface area contributed by atoms with Gasteiger partial charge in [-0.05, 0) is 42.9 Å². The zero-order valence-electron chi connectivity index (χ0n) is 16.8. The maximum Gasteiger partial charge on any atom is 0.205 e. The first-order valence-electron chi connectivity index (χ1n) is 10.4. The molecule has 0 atom stereocenters. The monoisotopic (exact) mass is 364 g/mol. The number of hydrogen-bond donors (Lipinski definition) is 0. The molecule has 0 aliphatic heterocycles. The lowest BCUT2D eigenvalue weighted by atomic mass is 10.1. The Balaban J connectivity index is 1.74. The first kappa shape index (κ1) is 21.0. The SMILES string of the molecule is CCCCCCCCOc1cnc(C#Cc2ccc(CCCC)cc2)nc1. The molecule has 2 rings (SSSR count). The summed E-state index contributed by atoms with van der Waals surface area (Å²) in [4.78, 5) is 8.56. The van der Waals surface area contributed by atoms with E-state index in [0.717, 1.165) is 30.8 Å². The third kappa shape index (κ3) is 8.73. The van der Waals surface area contributed by atoms with Gasteiger partial charge < -0.3 is 4.74 Å². The molecule has 0 saturated heterocycles. The Labute approximate surface area is 164 Å². The van der Waals surface area contributed by atoms with Crippen molar-refractivity contribution in [2.45, 2.75) is 71.6 Å². The standard InChI is InChI=1S/C24H32N2O/c1-3-5-7-8-9-10-18-27-23-19-25-24(26-20-23)17-16-22-14-12-21(13-15-22)11-6-4-2/h12-15,19-20H,3-11,18H2,1-2H3. The molecule has 0 spiro atoms. The van der Waals surface area contributed by atoms with Crippen molar-refractivity contribution in [2.24, 2.45) is 0 Å². The highest BCUT2D eigenvalue weighted by atomic mass is 16.5. The molecule has 1 aromatic heterocycles. The average Bonchev–Trinajstić information content (AvgIpc) is 2.71. The van der Waals surface area contributed by atoms with Gasteiger partial charge in [-0.3, -0.25) is 0 Å². The summed E-state index contributed by atoms with van der Waals surface area (Å²) in [7, 11) is 0. The van der Waals surface area contributed by atoms with Crippen molar-refractivity contribution in [3.05, 3.63) is 53.6 Å². The average molecular weight is 365 g/mol. The van der Waals surface area contributed by atoms with Crippen LogP contribution < -0.4 is 4.74 Å². The molecule has 1 heterocycles. The number of ether oxygens (including phenoxy) is 1. The van der Waals surface area contributed by atoms with E-state index in [0.29, 0.717) is 5.82 Å². The molecular formula is C24H32N2O. The summed E-state index contributed by atoms with van der Waals surface area (Å²) >= 11 is 0. The lowest BCUT2D eigenvalue weighted by Gasteiger charge is -2.05. The topological polar surface area (TPSA) is 35.0 Å². The Morgan fingerprint density at radius 3 is 2.15 bits per heavy atom. The maximum absolute atomic E-state index is 5.70. The number of hydrogen-bond acceptors (Lipinski definition) is 3. The van der Waals surface area contributed by atoms with Gasteiger partial charge in [-0.1, -0.05) is 70.4 Å². The van der Waals surface area contributed by atoms with E-state index >= 15 is 0 Å². The molecule has 1 aromatic carbocycles. The van der Waals surface area contributed by atoms with Crippen LogP contribution in [0.5, 0.6) is 5.75 Å². The number of rotatable bonds is 11. The number of unbranched alkanes of at least 4 members (excludes halogenated alkanes) is 6. The van der Waals surface area contributed by atoms with E-state index in [1.807, 2.05) is 0 Å². The van der Waals surface area contributed by atoms with Gasteiger partial charge in [0.05, 0.1) is 19.0 Å². The molecule has 0 saturated carbocycles. The summed E-state index contributed by atoms with van der Waals surface area (Å²) in [6, 6.07) is 8.44. The minimum Gasteiger partial charge on any atom is -0.490 e. The van der Waals surface area contributed by atoms with Crippen molar-refractivity contribution >= 4 is 0 Å². The van der Waals surface area contributed by atoms with E-state index in [9.17, 15) is 0 Å². The van der Waals surface area contributed by atoms with Crippen molar-refractivity contribution in [2.75, 3.05) is 6.61 Å². The minimum atomic E-state index is 0.525. The molecule has 0 bridgehead atoms. The van der Waals surface area contributed by atoms with Gasteiger partial charge in [0.1, 0.15) is 0 Å². The van der Waals surface area contributed by atoms with Crippen LogP contribution in [0.3, 0.4) is 0 Å². The first-order valence-corrected chi connectivity index (χ1v) is 10.4. The van der Waals surface area contributed by atoms with Crippen LogP contribution in [0.1, 0.15) is 82.2 Å². The van der Waals surface area contributed by atoms with Gasteiger partial charge in [-0.25, -0.2) is 9.97 Å². The van der Waals surface area contributed by atoms with Crippen LogP contribution in [0.2, 0.25) is 0 Å². The first-order chi connectivity index (χ1) is 13.3. The lowest BCUT2D eigenvalue weighted by molar-refractivity contribution is 0.302. The zero-order chi connectivity index (χ0) is 19.2. The number of benzene rings is 1. The van der Waals surface area contributed by atoms with Gasteiger partial charge in [-0.2, -0.15) is 0 Å². The van der Waals surface area contributed by atoms with Crippen molar-refractivity contribution in [3.63, 3.8) is 0 Å². The Bertz CT molecular complexity index is 696. The Kier molecular flexibility index (Phi) is 10.0. The second-order valence-corrected chi connectivity index (χ2v) is 6.91. The summed E-state index contributed by atoms with van der Waals surface area (Å²) in [6.45, 7) is 5.18. The van der Waals surface area contributed by atoms with E-state index in [-0.39, 0.29) is 0 Å². The van der Waals surface area contributed by atoms with Crippen LogP contribution >= 0.6 is 0 Å². The fourth-order valence-electron chi connectivity index (χ4n) is 2.79. The maximum atomic E-state index is 5.70. The molecule has 0 fully saturated rings. The van der Waals surface area contributed by atoms with Gasteiger partial charge in [0.15, 0.2) is 5.75 Å². The highest BCUT2D eigenvalue weighted by Crippen LogP contribution is 2.10. The second-order valence-electron chi connectivity index (χ2n) is 6.91. The molecule has 3 nitrogen and oxygen atoms in total. The van der Waals surface area contributed by atoms with Gasteiger partial charge in [-0.15, -0.1) is 0 Å². The van der Waals surface area contributed by atoms with Crippen molar-refractivity contribution in [3.8, 4) is 17.6 Å². The fourth-order valence-corrected chi connectivity index (χ4v) is 2.79. The number of nitrogens with zero attached hydrogens (tertiary/aromatic N) is 2. The fraction of sp³-hybridized carbons (Fsp3) is 0.500. The number of aryl methyl sites for hydroxylation is 1. The normalized spacial score (nSPS) is 10.3. The molecule has 0 aliphatic carbocycles. The molecule has 0 N–H and O–H groups in total. The van der Waals surface area contributed by atoms with Crippen LogP contribution in [0.25, 0.3) is 0 Å². The van der Waals surface area contributed by atoms with Gasteiger partial charge in [0.2, 0.25) is 5.82 Å². The third-order valence-corrected chi connectivity index (χ3v) is 4.49.